The molecule has 0 radical (unpaired) electrons. The van der Waals surface area contributed by atoms with Gasteiger partial charge in [0.15, 0.2) is 0 Å². The number of nitrogens with zero attached hydrogens (tertiary/aromatic N) is 1. The second kappa shape index (κ2) is 2.46. The topological polar surface area (TPSA) is 29.3 Å². The van der Waals surface area contributed by atoms with Gasteiger partial charge in [-0.15, -0.1) is 0 Å². The molecule has 2 heteroatoms. The third-order valence-corrected chi connectivity index (χ3v) is 2.91. The zero-order valence-electron chi connectivity index (χ0n) is 7.34. The smallest absolute Gasteiger partial charge is 0.0383 e. The molecule has 2 N–H and O–H groups in total. The van der Waals surface area contributed by atoms with Crippen LogP contribution in [0.4, 0.5) is 0 Å². The van der Waals surface area contributed by atoms with Crippen molar-refractivity contribution in [3.05, 3.63) is 0 Å². The molecule has 1 saturated carbocycles. The van der Waals surface area contributed by atoms with Gasteiger partial charge in [-0.25, -0.2) is 0 Å². The van der Waals surface area contributed by atoms with Crippen molar-refractivity contribution in [2.24, 2.45) is 11.7 Å². The Morgan fingerprint density at radius 2 is 2.09 bits per heavy atom. The number of likely N-dealkylation sites (tertiary alicyclic amines) is 1. The molecule has 1 aliphatic heterocycles. The first-order chi connectivity index (χ1) is 5.16. The molecular weight excluding hydrogens is 136 g/mol. The minimum atomic E-state index is 0.129. The van der Waals surface area contributed by atoms with Crippen molar-refractivity contribution < 1.29 is 0 Å². The normalized spacial score (nSPS) is 31.1. The lowest BCUT2D eigenvalue weighted by molar-refractivity contribution is 0.0514. The molecule has 1 heterocycles. The zero-order valence-corrected chi connectivity index (χ0v) is 7.34. The molecule has 0 unspecified atom stereocenters. The Balaban J connectivity index is 1.67. The van der Waals surface area contributed by atoms with E-state index < -0.39 is 0 Å². The molecule has 2 fully saturated rings. The summed E-state index contributed by atoms with van der Waals surface area (Å²) in [6, 6.07) is 0. The van der Waals surface area contributed by atoms with Crippen LogP contribution in [0.5, 0.6) is 0 Å². The van der Waals surface area contributed by atoms with Crippen LogP contribution in [0.3, 0.4) is 0 Å². The Labute approximate surface area is 68.7 Å². The van der Waals surface area contributed by atoms with E-state index in [-0.39, 0.29) is 5.54 Å². The van der Waals surface area contributed by atoms with Crippen molar-refractivity contribution in [3.63, 3.8) is 0 Å². The van der Waals surface area contributed by atoms with E-state index >= 15 is 0 Å². The summed E-state index contributed by atoms with van der Waals surface area (Å²) in [7, 11) is 0. The Kier molecular flexibility index (Phi) is 1.69. The fourth-order valence-corrected chi connectivity index (χ4v) is 2.14. The molecule has 64 valence electrons. The van der Waals surface area contributed by atoms with E-state index in [1.54, 1.807) is 0 Å². The van der Waals surface area contributed by atoms with Gasteiger partial charge >= 0.3 is 0 Å². The summed E-state index contributed by atoms with van der Waals surface area (Å²) >= 11 is 0. The summed E-state index contributed by atoms with van der Waals surface area (Å²) in [4.78, 5) is 2.49. The Bertz CT molecular complexity index is 142. The van der Waals surface area contributed by atoms with E-state index in [1.165, 1.54) is 25.8 Å². The summed E-state index contributed by atoms with van der Waals surface area (Å²) in [5.41, 5.74) is 6.03. The Morgan fingerprint density at radius 1 is 1.45 bits per heavy atom. The maximum Gasteiger partial charge on any atom is 0.0383 e. The van der Waals surface area contributed by atoms with Crippen LogP contribution in [0, 0.1) is 5.92 Å². The van der Waals surface area contributed by atoms with Gasteiger partial charge in [-0.1, -0.05) is 6.42 Å². The summed E-state index contributed by atoms with van der Waals surface area (Å²) in [5, 5.41) is 0. The predicted molar refractivity (Wildman–Crippen MR) is 46.4 cm³/mol. The molecule has 0 spiro atoms. The molecular formula is C9H18N2. The van der Waals surface area contributed by atoms with Gasteiger partial charge in [-0.2, -0.15) is 0 Å². The largest absolute Gasteiger partial charge is 0.323 e. The van der Waals surface area contributed by atoms with Crippen molar-refractivity contribution >= 4 is 0 Å². The summed E-state index contributed by atoms with van der Waals surface area (Å²) < 4.78 is 0. The quantitative estimate of drug-likeness (QED) is 0.638. The summed E-state index contributed by atoms with van der Waals surface area (Å²) in [6.07, 6.45) is 4.37. The molecule has 2 nitrogen and oxygen atoms in total. The third kappa shape index (κ3) is 1.57. The average molecular weight is 154 g/mol. The minimum absolute atomic E-state index is 0.129. The number of rotatable bonds is 2. The van der Waals surface area contributed by atoms with E-state index in [9.17, 15) is 0 Å². The third-order valence-electron chi connectivity index (χ3n) is 2.91. The van der Waals surface area contributed by atoms with Crippen LogP contribution in [0.2, 0.25) is 0 Å². The zero-order chi connectivity index (χ0) is 7.90. The van der Waals surface area contributed by atoms with Gasteiger partial charge in [0.1, 0.15) is 0 Å². The first-order valence-electron chi connectivity index (χ1n) is 4.67. The fraction of sp³-hybridized carbons (Fsp3) is 1.00. The van der Waals surface area contributed by atoms with Crippen molar-refractivity contribution in [1.29, 1.82) is 0 Å². The SMILES string of the molecule is CC1(N)CN(CC2CCC2)C1. The predicted octanol–water partition coefficient (Wildman–Crippen LogP) is 0.819. The van der Waals surface area contributed by atoms with Crippen LogP contribution in [-0.4, -0.2) is 30.1 Å². The van der Waals surface area contributed by atoms with E-state index in [0.29, 0.717) is 0 Å². The van der Waals surface area contributed by atoms with Crippen molar-refractivity contribution in [2.75, 3.05) is 19.6 Å². The van der Waals surface area contributed by atoms with Gasteiger partial charge in [0.2, 0.25) is 0 Å². The van der Waals surface area contributed by atoms with E-state index in [1.807, 2.05) is 0 Å². The molecule has 2 rings (SSSR count). The summed E-state index contributed by atoms with van der Waals surface area (Å²) in [6.45, 7) is 5.68. The fourth-order valence-electron chi connectivity index (χ4n) is 2.14. The number of nitrogens with two attached hydrogens (primary N) is 1. The lowest BCUT2D eigenvalue weighted by atomic mass is 9.83. The second-order valence-corrected chi connectivity index (χ2v) is 4.62. The van der Waals surface area contributed by atoms with Gasteiger partial charge in [-0.05, 0) is 25.7 Å². The lowest BCUT2D eigenvalue weighted by Crippen LogP contribution is -2.66. The second-order valence-electron chi connectivity index (χ2n) is 4.62. The van der Waals surface area contributed by atoms with E-state index in [2.05, 4.69) is 11.8 Å². The first-order valence-corrected chi connectivity index (χ1v) is 4.67. The van der Waals surface area contributed by atoms with Gasteiger partial charge < -0.3 is 5.73 Å². The molecule has 1 saturated heterocycles. The van der Waals surface area contributed by atoms with E-state index in [0.717, 1.165) is 19.0 Å². The number of hydrogen-bond acceptors (Lipinski definition) is 2. The molecule has 0 atom stereocenters. The number of hydrogen-bond donors (Lipinski definition) is 1. The van der Waals surface area contributed by atoms with Crippen LogP contribution in [0.1, 0.15) is 26.2 Å². The maximum absolute atomic E-state index is 5.91. The maximum atomic E-state index is 5.91. The van der Waals surface area contributed by atoms with E-state index in [4.69, 9.17) is 5.73 Å². The standard InChI is InChI=1S/C9H18N2/c1-9(10)6-11(7-9)5-8-3-2-4-8/h8H,2-7,10H2,1H3. The van der Waals surface area contributed by atoms with Gasteiger partial charge in [0.25, 0.3) is 0 Å². The van der Waals surface area contributed by atoms with Crippen LogP contribution < -0.4 is 5.73 Å². The average Bonchev–Trinajstić information content (AvgIpc) is 1.73. The molecule has 0 bridgehead atoms. The highest BCUT2D eigenvalue weighted by atomic mass is 15.2. The molecule has 0 aromatic heterocycles. The van der Waals surface area contributed by atoms with Crippen molar-refractivity contribution in [2.45, 2.75) is 31.7 Å². The molecule has 0 aromatic carbocycles. The first kappa shape index (κ1) is 7.56. The van der Waals surface area contributed by atoms with Crippen molar-refractivity contribution in [1.82, 2.24) is 4.90 Å². The molecule has 0 aromatic rings. The highest BCUT2D eigenvalue weighted by Crippen LogP contribution is 2.29. The van der Waals surface area contributed by atoms with Crippen LogP contribution in [-0.2, 0) is 0 Å². The highest BCUT2D eigenvalue weighted by Gasteiger charge is 2.36. The molecule has 0 amide bonds. The Hall–Kier alpha value is -0.0800. The summed E-state index contributed by atoms with van der Waals surface area (Å²) in [5.74, 6) is 1.01. The minimum Gasteiger partial charge on any atom is -0.323 e. The highest BCUT2D eigenvalue weighted by molar-refractivity contribution is 4.96. The molecule has 2 aliphatic rings. The Morgan fingerprint density at radius 3 is 2.45 bits per heavy atom. The molecule has 11 heavy (non-hydrogen) atoms. The lowest BCUT2D eigenvalue weighted by Gasteiger charge is -2.48. The molecule has 1 aliphatic carbocycles. The van der Waals surface area contributed by atoms with Gasteiger partial charge in [-0.3, -0.25) is 4.90 Å². The van der Waals surface area contributed by atoms with Crippen LogP contribution >= 0.6 is 0 Å². The van der Waals surface area contributed by atoms with Gasteiger partial charge in [0, 0.05) is 25.2 Å². The van der Waals surface area contributed by atoms with Crippen molar-refractivity contribution in [3.8, 4) is 0 Å². The monoisotopic (exact) mass is 154 g/mol. The van der Waals surface area contributed by atoms with Gasteiger partial charge in [0.05, 0.1) is 0 Å². The van der Waals surface area contributed by atoms with Crippen LogP contribution in [0.15, 0.2) is 0 Å². The van der Waals surface area contributed by atoms with Crippen LogP contribution in [0.25, 0.3) is 0 Å².